The second-order valence-electron chi connectivity index (χ2n) is 6.08. The van der Waals surface area contributed by atoms with Gasteiger partial charge >= 0.3 is 5.97 Å². The molecule has 27 heavy (non-hydrogen) atoms. The Balaban J connectivity index is 1.60. The van der Waals surface area contributed by atoms with Crippen LogP contribution in [-0.2, 0) is 22.6 Å². The molecule has 0 aromatic heterocycles. The van der Waals surface area contributed by atoms with E-state index in [0.717, 1.165) is 22.3 Å². The molecule has 0 aliphatic heterocycles. The van der Waals surface area contributed by atoms with Crippen molar-refractivity contribution in [2.75, 3.05) is 14.2 Å². The summed E-state index contributed by atoms with van der Waals surface area (Å²) >= 11 is 0. The van der Waals surface area contributed by atoms with E-state index in [2.05, 4.69) is 12.1 Å². The average molecular weight is 362 g/mol. The monoisotopic (exact) mass is 362 g/mol. The van der Waals surface area contributed by atoms with E-state index >= 15 is 0 Å². The summed E-state index contributed by atoms with van der Waals surface area (Å²) < 4.78 is 15.9. The molecule has 0 bridgehead atoms. The van der Waals surface area contributed by atoms with Gasteiger partial charge in [-0.25, -0.2) is 0 Å². The SMILES string of the molecule is COc1ccc(OC)c(COC(=O)Cc2ccc(-c3ccccc3)cc2)c1. The Morgan fingerprint density at radius 3 is 2.19 bits per heavy atom. The third kappa shape index (κ3) is 4.88. The highest BCUT2D eigenvalue weighted by atomic mass is 16.5. The summed E-state index contributed by atoms with van der Waals surface area (Å²) in [4.78, 5) is 12.2. The Hall–Kier alpha value is -3.27. The molecule has 4 heteroatoms. The highest BCUT2D eigenvalue weighted by molar-refractivity contribution is 5.73. The Kier molecular flexibility index (Phi) is 6.10. The number of methoxy groups -OCH3 is 2. The van der Waals surface area contributed by atoms with Crippen LogP contribution in [0, 0.1) is 0 Å². The molecule has 0 fully saturated rings. The predicted octanol–water partition coefficient (Wildman–Crippen LogP) is 4.66. The topological polar surface area (TPSA) is 44.8 Å². The number of carbonyl (C=O) groups is 1. The normalized spacial score (nSPS) is 10.3. The van der Waals surface area contributed by atoms with E-state index in [1.54, 1.807) is 32.4 Å². The second kappa shape index (κ2) is 8.90. The third-order valence-electron chi connectivity index (χ3n) is 4.29. The number of esters is 1. The maximum Gasteiger partial charge on any atom is 0.310 e. The molecule has 0 saturated heterocycles. The molecule has 0 atom stereocenters. The quantitative estimate of drug-likeness (QED) is 0.574. The number of ether oxygens (including phenoxy) is 3. The van der Waals surface area contributed by atoms with E-state index in [0.29, 0.717) is 11.5 Å². The van der Waals surface area contributed by atoms with Crippen LogP contribution in [0.25, 0.3) is 11.1 Å². The fourth-order valence-corrected chi connectivity index (χ4v) is 2.82. The van der Waals surface area contributed by atoms with Crippen molar-refractivity contribution in [3.8, 4) is 22.6 Å². The van der Waals surface area contributed by atoms with Gasteiger partial charge in [0.15, 0.2) is 0 Å². The molecular formula is C23H22O4. The summed E-state index contributed by atoms with van der Waals surface area (Å²) in [7, 11) is 3.18. The van der Waals surface area contributed by atoms with E-state index in [1.165, 1.54) is 0 Å². The molecule has 0 saturated carbocycles. The molecule has 0 heterocycles. The van der Waals surface area contributed by atoms with Crippen LogP contribution in [0.5, 0.6) is 11.5 Å². The second-order valence-corrected chi connectivity index (χ2v) is 6.08. The summed E-state index contributed by atoms with van der Waals surface area (Å²) in [6, 6.07) is 23.5. The number of benzene rings is 3. The first kappa shape index (κ1) is 18.5. The van der Waals surface area contributed by atoms with E-state index < -0.39 is 0 Å². The van der Waals surface area contributed by atoms with Crippen LogP contribution >= 0.6 is 0 Å². The lowest BCUT2D eigenvalue weighted by molar-refractivity contribution is -0.144. The van der Waals surface area contributed by atoms with Gasteiger partial charge in [-0.3, -0.25) is 4.79 Å². The molecule has 3 rings (SSSR count). The molecule has 0 N–H and O–H groups in total. The summed E-state index contributed by atoms with van der Waals surface area (Å²) in [5.41, 5.74) is 3.95. The van der Waals surface area contributed by atoms with Gasteiger partial charge in [0.05, 0.1) is 20.6 Å². The molecule has 0 aliphatic carbocycles. The van der Waals surface area contributed by atoms with Gasteiger partial charge in [-0.05, 0) is 34.9 Å². The molecule has 0 amide bonds. The van der Waals surface area contributed by atoms with Gasteiger partial charge in [0.1, 0.15) is 18.1 Å². The zero-order valence-corrected chi connectivity index (χ0v) is 15.5. The fourth-order valence-electron chi connectivity index (χ4n) is 2.82. The largest absolute Gasteiger partial charge is 0.497 e. The summed E-state index contributed by atoms with van der Waals surface area (Å²) in [6.45, 7) is 0.140. The predicted molar refractivity (Wildman–Crippen MR) is 105 cm³/mol. The Bertz CT molecular complexity index is 886. The number of hydrogen-bond acceptors (Lipinski definition) is 4. The molecule has 0 unspecified atom stereocenters. The lowest BCUT2D eigenvalue weighted by Crippen LogP contribution is -2.08. The smallest absolute Gasteiger partial charge is 0.310 e. The van der Waals surface area contributed by atoms with Crippen LogP contribution in [0.3, 0.4) is 0 Å². The molecule has 3 aromatic rings. The third-order valence-corrected chi connectivity index (χ3v) is 4.29. The number of rotatable bonds is 7. The minimum Gasteiger partial charge on any atom is -0.497 e. The highest BCUT2D eigenvalue weighted by Crippen LogP contribution is 2.25. The van der Waals surface area contributed by atoms with E-state index in [4.69, 9.17) is 14.2 Å². The van der Waals surface area contributed by atoms with Crippen molar-refractivity contribution >= 4 is 5.97 Å². The summed E-state index contributed by atoms with van der Waals surface area (Å²) in [5.74, 6) is 1.07. The van der Waals surface area contributed by atoms with Crippen molar-refractivity contribution < 1.29 is 19.0 Å². The number of hydrogen-bond donors (Lipinski definition) is 0. The molecule has 0 aliphatic rings. The van der Waals surface area contributed by atoms with Gasteiger partial charge in [0.2, 0.25) is 0 Å². The average Bonchev–Trinajstić information content (AvgIpc) is 2.73. The van der Waals surface area contributed by atoms with Crippen molar-refractivity contribution in [1.29, 1.82) is 0 Å². The van der Waals surface area contributed by atoms with Gasteiger partial charge in [0, 0.05) is 5.56 Å². The molecule has 0 radical (unpaired) electrons. The van der Waals surface area contributed by atoms with Crippen LogP contribution in [0.15, 0.2) is 72.8 Å². The minimum absolute atomic E-state index is 0.140. The maximum absolute atomic E-state index is 12.2. The zero-order chi connectivity index (χ0) is 19.1. The summed E-state index contributed by atoms with van der Waals surface area (Å²) in [5, 5.41) is 0. The van der Waals surface area contributed by atoms with Gasteiger partial charge in [-0.15, -0.1) is 0 Å². The van der Waals surface area contributed by atoms with Gasteiger partial charge < -0.3 is 14.2 Å². The van der Waals surface area contributed by atoms with Crippen molar-refractivity contribution in [2.45, 2.75) is 13.0 Å². The maximum atomic E-state index is 12.2. The van der Waals surface area contributed by atoms with Crippen LogP contribution in [-0.4, -0.2) is 20.2 Å². The zero-order valence-electron chi connectivity index (χ0n) is 15.5. The molecule has 4 nitrogen and oxygen atoms in total. The Morgan fingerprint density at radius 1 is 0.815 bits per heavy atom. The lowest BCUT2D eigenvalue weighted by Gasteiger charge is -2.11. The first-order valence-corrected chi connectivity index (χ1v) is 8.70. The minimum atomic E-state index is -0.285. The Labute approximate surface area is 159 Å². The van der Waals surface area contributed by atoms with E-state index in [-0.39, 0.29) is 19.0 Å². The van der Waals surface area contributed by atoms with Crippen molar-refractivity contribution in [3.05, 3.63) is 83.9 Å². The fraction of sp³-hybridized carbons (Fsp3) is 0.174. The van der Waals surface area contributed by atoms with Gasteiger partial charge in [-0.1, -0.05) is 54.6 Å². The Morgan fingerprint density at radius 2 is 1.52 bits per heavy atom. The van der Waals surface area contributed by atoms with E-state index in [1.807, 2.05) is 42.5 Å². The lowest BCUT2D eigenvalue weighted by atomic mass is 10.0. The van der Waals surface area contributed by atoms with Crippen LogP contribution in [0.1, 0.15) is 11.1 Å². The molecule has 3 aromatic carbocycles. The molecule has 0 spiro atoms. The van der Waals surface area contributed by atoms with E-state index in [9.17, 15) is 4.79 Å². The van der Waals surface area contributed by atoms with Crippen molar-refractivity contribution in [3.63, 3.8) is 0 Å². The first-order valence-electron chi connectivity index (χ1n) is 8.70. The van der Waals surface area contributed by atoms with Crippen LogP contribution in [0.4, 0.5) is 0 Å². The van der Waals surface area contributed by atoms with Crippen LogP contribution < -0.4 is 9.47 Å². The highest BCUT2D eigenvalue weighted by Gasteiger charge is 2.10. The molecular weight excluding hydrogens is 340 g/mol. The summed E-state index contributed by atoms with van der Waals surface area (Å²) in [6.07, 6.45) is 0.224. The van der Waals surface area contributed by atoms with Gasteiger partial charge in [-0.2, -0.15) is 0 Å². The standard InChI is InChI=1S/C23H22O4/c1-25-21-12-13-22(26-2)20(15-21)16-27-23(24)14-17-8-10-19(11-9-17)18-6-4-3-5-7-18/h3-13,15H,14,16H2,1-2H3. The first-order chi connectivity index (χ1) is 13.2. The van der Waals surface area contributed by atoms with Crippen molar-refractivity contribution in [2.24, 2.45) is 0 Å². The number of carbonyl (C=O) groups excluding carboxylic acids is 1. The van der Waals surface area contributed by atoms with Crippen molar-refractivity contribution in [1.82, 2.24) is 0 Å². The van der Waals surface area contributed by atoms with Crippen LogP contribution in [0.2, 0.25) is 0 Å². The molecule has 138 valence electrons. The van der Waals surface area contributed by atoms with Gasteiger partial charge in [0.25, 0.3) is 0 Å².